The Labute approximate surface area is 157 Å². The van der Waals surface area contributed by atoms with Crippen molar-refractivity contribution in [1.29, 1.82) is 0 Å². The van der Waals surface area contributed by atoms with Crippen LogP contribution in [0.4, 0.5) is 18.9 Å². The van der Waals surface area contributed by atoms with Crippen LogP contribution in [0.3, 0.4) is 0 Å². The molecule has 1 heterocycles. The molecule has 4 N–H and O–H groups in total. The van der Waals surface area contributed by atoms with Crippen LogP contribution >= 0.6 is 0 Å². The Morgan fingerprint density at radius 3 is 2.50 bits per heavy atom. The van der Waals surface area contributed by atoms with E-state index in [1.165, 1.54) is 6.07 Å². The highest BCUT2D eigenvalue weighted by Gasteiger charge is 2.30. The van der Waals surface area contributed by atoms with Crippen molar-refractivity contribution in [2.24, 2.45) is 0 Å². The summed E-state index contributed by atoms with van der Waals surface area (Å²) >= 11 is 0. The number of aromatic nitrogens is 1. The van der Waals surface area contributed by atoms with E-state index in [0.29, 0.717) is 0 Å². The van der Waals surface area contributed by atoms with Crippen LogP contribution in [0.25, 0.3) is 10.9 Å². The van der Waals surface area contributed by atoms with E-state index in [0.717, 1.165) is 29.1 Å². The van der Waals surface area contributed by atoms with Gasteiger partial charge in [0.2, 0.25) is 5.91 Å². The molecule has 2 aromatic carbocycles. The van der Waals surface area contributed by atoms with Gasteiger partial charge in [0.05, 0.1) is 12.2 Å². The number of aliphatic hydroxyl groups excluding tert-OH is 1. The molecule has 0 bridgehead atoms. The molecule has 0 saturated carbocycles. The quantitative estimate of drug-likeness (QED) is 0.539. The lowest BCUT2D eigenvalue weighted by Crippen LogP contribution is -2.46. The minimum Gasteiger partial charge on any atom is -0.394 e. The molecule has 1 atom stereocenters. The number of hydrogen-bond donors (Lipinski definition) is 4. The van der Waals surface area contributed by atoms with Gasteiger partial charge >= 0.3 is 6.18 Å². The second-order valence-corrected chi connectivity index (χ2v) is 6.05. The molecule has 1 unspecified atom stereocenters. The number of carbonyl (C=O) groups is 2. The predicted octanol–water partition coefficient (Wildman–Crippen LogP) is 2.92. The molecule has 146 valence electrons. The van der Waals surface area contributed by atoms with Crippen LogP contribution in [-0.4, -0.2) is 34.6 Å². The van der Waals surface area contributed by atoms with Crippen molar-refractivity contribution in [2.75, 3.05) is 11.9 Å². The monoisotopic (exact) mass is 391 g/mol. The summed E-state index contributed by atoms with van der Waals surface area (Å²) in [6, 6.07) is 11.5. The second kappa shape index (κ2) is 7.73. The van der Waals surface area contributed by atoms with Crippen LogP contribution in [-0.2, 0) is 11.0 Å². The highest BCUT2D eigenvalue weighted by atomic mass is 19.4. The van der Waals surface area contributed by atoms with E-state index in [-0.39, 0.29) is 11.4 Å². The second-order valence-electron chi connectivity index (χ2n) is 6.05. The van der Waals surface area contributed by atoms with Crippen LogP contribution in [0.5, 0.6) is 0 Å². The minimum absolute atomic E-state index is 0.0989. The number of rotatable bonds is 5. The number of amides is 2. The highest BCUT2D eigenvalue weighted by Crippen LogP contribution is 2.30. The van der Waals surface area contributed by atoms with Crippen molar-refractivity contribution in [3.05, 3.63) is 65.9 Å². The number of fused-ring (bicyclic) bond motifs is 1. The lowest BCUT2D eigenvalue weighted by Gasteiger charge is -2.16. The van der Waals surface area contributed by atoms with E-state index < -0.39 is 36.2 Å². The maximum atomic E-state index is 12.8. The van der Waals surface area contributed by atoms with Gasteiger partial charge in [-0.05, 0) is 30.3 Å². The summed E-state index contributed by atoms with van der Waals surface area (Å²) in [5, 5.41) is 14.8. The molecule has 0 aliphatic carbocycles. The maximum Gasteiger partial charge on any atom is 0.416 e. The number of H-pyrrole nitrogens is 1. The number of aliphatic hydroxyl groups is 1. The SMILES string of the molecule is O=C(NC(CO)C(=O)Nc1cccc(C(F)(F)F)c1)c1cc2ccccc2[nH]1. The summed E-state index contributed by atoms with van der Waals surface area (Å²) in [5.74, 6) is -1.47. The van der Waals surface area contributed by atoms with E-state index in [4.69, 9.17) is 0 Å². The summed E-state index contributed by atoms with van der Waals surface area (Å²) in [6.45, 7) is -0.725. The molecule has 9 heteroatoms. The molecule has 0 fully saturated rings. The molecule has 2 amide bonds. The van der Waals surface area contributed by atoms with Crippen molar-refractivity contribution in [3.63, 3.8) is 0 Å². The lowest BCUT2D eigenvalue weighted by molar-refractivity contribution is -0.137. The van der Waals surface area contributed by atoms with E-state index in [1.807, 2.05) is 0 Å². The smallest absolute Gasteiger partial charge is 0.394 e. The predicted molar refractivity (Wildman–Crippen MR) is 96.7 cm³/mol. The minimum atomic E-state index is -4.55. The first-order chi connectivity index (χ1) is 13.3. The number of benzene rings is 2. The van der Waals surface area contributed by atoms with Crippen LogP contribution in [0.2, 0.25) is 0 Å². The molecule has 0 aliphatic heterocycles. The van der Waals surface area contributed by atoms with Gasteiger partial charge in [0.1, 0.15) is 11.7 Å². The number of para-hydroxylation sites is 1. The number of alkyl halides is 3. The molecule has 3 rings (SSSR count). The molecular formula is C19H16F3N3O3. The standard InChI is InChI=1S/C19H16F3N3O3/c20-19(21,22)12-5-3-6-13(9-12)23-18(28)16(10-26)25-17(27)15-8-11-4-1-2-7-14(11)24-15/h1-9,16,24,26H,10H2,(H,23,28)(H,25,27). The van der Waals surface area contributed by atoms with E-state index in [1.54, 1.807) is 30.3 Å². The Bertz CT molecular complexity index is 981. The third-order valence-electron chi connectivity index (χ3n) is 4.04. The van der Waals surface area contributed by atoms with Gasteiger partial charge in [-0.25, -0.2) is 0 Å². The fourth-order valence-electron chi connectivity index (χ4n) is 2.63. The topological polar surface area (TPSA) is 94.2 Å². The number of carbonyl (C=O) groups excluding carboxylic acids is 2. The fourth-order valence-corrected chi connectivity index (χ4v) is 2.63. The largest absolute Gasteiger partial charge is 0.416 e. The van der Waals surface area contributed by atoms with Crippen LogP contribution in [0.1, 0.15) is 16.1 Å². The summed E-state index contributed by atoms with van der Waals surface area (Å²) < 4.78 is 38.3. The maximum absolute atomic E-state index is 12.8. The average Bonchev–Trinajstić information content (AvgIpc) is 3.09. The van der Waals surface area contributed by atoms with Gasteiger partial charge < -0.3 is 20.7 Å². The molecule has 0 saturated heterocycles. The summed E-state index contributed by atoms with van der Waals surface area (Å²) in [6.07, 6.45) is -4.55. The zero-order valence-electron chi connectivity index (χ0n) is 14.4. The lowest BCUT2D eigenvalue weighted by atomic mass is 10.2. The molecule has 28 heavy (non-hydrogen) atoms. The van der Waals surface area contributed by atoms with Crippen LogP contribution < -0.4 is 10.6 Å². The molecule has 0 radical (unpaired) electrons. The first-order valence-corrected chi connectivity index (χ1v) is 8.25. The van der Waals surface area contributed by atoms with E-state index >= 15 is 0 Å². The van der Waals surface area contributed by atoms with Gasteiger partial charge in [0.25, 0.3) is 5.91 Å². The third-order valence-corrected chi connectivity index (χ3v) is 4.04. The van der Waals surface area contributed by atoms with E-state index in [9.17, 15) is 27.9 Å². The van der Waals surface area contributed by atoms with Crippen molar-refractivity contribution in [3.8, 4) is 0 Å². The number of anilines is 1. The molecule has 6 nitrogen and oxygen atoms in total. The van der Waals surface area contributed by atoms with Crippen molar-refractivity contribution in [1.82, 2.24) is 10.3 Å². The Kier molecular flexibility index (Phi) is 5.36. The Hall–Kier alpha value is -3.33. The van der Waals surface area contributed by atoms with Gasteiger partial charge in [-0.15, -0.1) is 0 Å². The number of aromatic amines is 1. The summed E-state index contributed by atoms with van der Waals surface area (Å²) in [4.78, 5) is 27.5. The third kappa shape index (κ3) is 4.32. The van der Waals surface area contributed by atoms with Gasteiger partial charge in [0, 0.05) is 16.6 Å². The zero-order valence-corrected chi connectivity index (χ0v) is 14.4. The summed E-state index contributed by atoms with van der Waals surface area (Å²) in [5.41, 5.74) is -0.112. The molecule has 1 aromatic heterocycles. The zero-order chi connectivity index (χ0) is 20.3. The Morgan fingerprint density at radius 1 is 1.07 bits per heavy atom. The van der Waals surface area contributed by atoms with Crippen LogP contribution in [0, 0.1) is 0 Å². The fraction of sp³-hybridized carbons (Fsp3) is 0.158. The van der Waals surface area contributed by atoms with Crippen molar-refractivity contribution in [2.45, 2.75) is 12.2 Å². The highest BCUT2D eigenvalue weighted by molar-refractivity contribution is 6.02. The Balaban J connectivity index is 1.70. The van der Waals surface area contributed by atoms with Gasteiger partial charge in [-0.1, -0.05) is 24.3 Å². The van der Waals surface area contributed by atoms with Gasteiger partial charge in [0.15, 0.2) is 0 Å². The van der Waals surface area contributed by atoms with Gasteiger partial charge in [-0.2, -0.15) is 13.2 Å². The molecule has 0 aliphatic rings. The van der Waals surface area contributed by atoms with Crippen LogP contribution in [0.15, 0.2) is 54.6 Å². The molecular weight excluding hydrogens is 375 g/mol. The molecule has 3 aromatic rings. The number of nitrogens with one attached hydrogen (secondary N) is 3. The van der Waals surface area contributed by atoms with Crippen molar-refractivity contribution >= 4 is 28.4 Å². The number of halogens is 3. The first kappa shape index (κ1) is 19.4. The Morgan fingerprint density at radius 2 is 1.82 bits per heavy atom. The normalized spacial score (nSPS) is 12.6. The van der Waals surface area contributed by atoms with Gasteiger partial charge in [-0.3, -0.25) is 9.59 Å². The number of hydrogen-bond acceptors (Lipinski definition) is 3. The first-order valence-electron chi connectivity index (χ1n) is 8.25. The summed E-state index contributed by atoms with van der Waals surface area (Å²) in [7, 11) is 0. The van der Waals surface area contributed by atoms with E-state index in [2.05, 4.69) is 15.6 Å². The molecule has 0 spiro atoms. The van der Waals surface area contributed by atoms with Crippen molar-refractivity contribution < 1.29 is 27.9 Å². The average molecular weight is 391 g/mol.